The van der Waals surface area contributed by atoms with E-state index in [2.05, 4.69) is 5.32 Å². The highest BCUT2D eigenvalue weighted by atomic mass is 16.4. The van der Waals surface area contributed by atoms with Crippen LogP contribution in [0.3, 0.4) is 0 Å². The molecule has 2 N–H and O–H groups in total. The lowest BCUT2D eigenvalue weighted by molar-refractivity contribution is 0.0697. The summed E-state index contributed by atoms with van der Waals surface area (Å²) >= 11 is 0. The predicted molar refractivity (Wildman–Crippen MR) is 67.9 cm³/mol. The van der Waals surface area contributed by atoms with Crippen molar-refractivity contribution >= 4 is 17.3 Å². The van der Waals surface area contributed by atoms with E-state index in [0.717, 1.165) is 16.9 Å². The van der Waals surface area contributed by atoms with Crippen LogP contribution in [0.4, 0.5) is 11.4 Å². The third-order valence-electron chi connectivity index (χ3n) is 2.54. The molecule has 0 radical (unpaired) electrons. The zero-order valence-electron chi connectivity index (χ0n) is 9.47. The summed E-state index contributed by atoms with van der Waals surface area (Å²) in [5, 5.41) is 12.1. The molecule has 0 unspecified atom stereocenters. The minimum Gasteiger partial charge on any atom is -0.478 e. The van der Waals surface area contributed by atoms with E-state index in [4.69, 9.17) is 5.11 Å². The van der Waals surface area contributed by atoms with E-state index in [1.54, 1.807) is 18.2 Å². The number of nitrogens with one attached hydrogen (secondary N) is 1. The second kappa shape index (κ2) is 4.70. The van der Waals surface area contributed by atoms with Crippen molar-refractivity contribution in [3.8, 4) is 0 Å². The fourth-order valence-corrected chi connectivity index (χ4v) is 1.57. The fourth-order valence-electron chi connectivity index (χ4n) is 1.57. The topological polar surface area (TPSA) is 49.3 Å². The highest BCUT2D eigenvalue weighted by Gasteiger charge is 2.06. The van der Waals surface area contributed by atoms with Gasteiger partial charge in [-0.2, -0.15) is 0 Å². The number of aromatic carboxylic acids is 1. The molecule has 2 aromatic carbocycles. The van der Waals surface area contributed by atoms with Crippen LogP contribution in [0, 0.1) is 6.92 Å². The highest BCUT2D eigenvalue weighted by molar-refractivity contribution is 5.89. The van der Waals surface area contributed by atoms with Gasteiger partial charge >= 0.3 is 5.97 Å². The van der Waals surface area contributed by atoms with E-state index in [-0.39, 0.29) is 5.56 Å². The zero-order valence-corrected chi connectivity index (χ0v) is 9.47. The molecule has 3 heteroatoms. The molecule has 0 aliphatic rings. The van der Waals surface area contributed by atoms with Crippen molar-refractivity contribution in [1.29, 1.82) is 0 Å². The Labute approximate surface area is 99.7 Å². The maximum atomic E-state index is 10.9. The van der Waals surface area contributed by atoms with Crippen molar-refractivity contribution in [2.75, 3.05) is 5.32 Å². The van der Waals surface area contributed by atoms with E-state index in [1.165, 1.54) is 0 Å². The van der Waals surface area contributed by atoms with Crippen LogP contribution < -0.4 is 5.32 Å². The van der Waals surface area contributed by atoms with Crippen LogP contribution in [0.15, 0.2) is 48.5 Å². The van der Waals surface area contributed by atoms with E-state index < -0.39 is 5.97 Å². The Balaban J connectivity index is 2.32. The molecule has 0 amide bonds. The van der Waals surface area contributed by atoms with Crippen molar-refractivity contribution in [3.63, 3.8) is 0 Å². The lowest BCUT2D eigenvalue weighted by atomic mass is 10.1. The van der Waals surface area contributed by atoms with Gasteiger partial charge in [0.25, 0.3) is 0 Å². The maximum absolute atomic E-state index is 10.9. The molecule has 0 fully saturated rings. The average Bonchev–Trinajstić information content (AvgIpc) is 2.33. The number of benzene rings is 2. The van der Waals surface area contributed by atoms with Gasteiger partial charge in [-0.15, -0.1) is 0 Å². The molecule has 0 aliphatic heterocycles. The van der Waals surface area contributed by atoms with Crippen LogP contribution in [0.2, 0.25) is 0 Å². The molecule has 0 saturated heterocycles. The minimum absolute atomic E-state index is 0.286. The summed E-state index contributed by atoms with van der Waals surface area (Å²) in [7, 11) is 0. The van der Waals surface area contributed by atoms with Gasteiger partial charge in [0.05, 0.1) is 5.56 Å². The van der Waals surface area contributed by atoms with Crippen molar-refractivity contribution < 1.29 is 9.90 Å². The van der Waals surface area contributed by atoms with Gasteiger partial charge in [-0.25, -0.2) is 4.79 Å². The van der Waals surface area contributed by atoms with Gasteiger partial charge in [0.1, 0.15) is 0 Å². The summed E-state index contributed by atoms with van der Waals surface area (Å²) in [5.74, 6) is -0.916. The van der Waals surface area contributed by atoms with Crippen LogP contribution >= 0.6 is 0 Å². The first-order valence-electron chi connectivity index (χ1n) is 5.33. The van der Waals surface area contributed by atoms with E-state index in [1.807, 2.05) is 37.3 Å². The first-order valence-corrected chi connectivity index (χ1v) is 5.33. The van der Waals surface area contributed by atoms with Crippen molar-refractivity contribution in [3.05, 3.63) is 59.7 Å². The molecule has 0 bridgehead atoms. The van der Waals surface area contributed by atoms with Gasteiger partial charge in [-0.3, -0.25) is 0 Å². The van der Waals surface area contributed by atoms with Crippen LogP contribution in [-0.2, 0) is 0 Å². The van der Waals surface area contributed by atoms with Gasteiger partial charge in [0, 0.05) is 11.4 Å². The summed E-state index contributed by atoms with van der Waals surface area (Å²) in [4.78, 5) is 10.9. The molecule has 0 heterocycles. The van der Waals surface area contributed by atoms with Gasteiger partial charge in [0.2, 0.25) is 0 Å². The molecular formula is C14H13NO2. The lowest BCUT2D eigenvalue weighted by Crippen LogP contribution is -1.99. The predicted octanol–water partition coefficient (Wildman–Crippen LogP) is 3.44. The van der Waals surface area contributed by atoms with Gasteiger partial charge < -0.3 is 10.4 Å². The summed E-state index contributed by atoms with van der Waals surface area (Å²) in [6.45, 7) is 1.94. The van der Waals surface area contributed by atoms with Gasteiger partial charge in [-0.1, -0.05) is 24.3 Å². The Hall–Kier alpha value is -2.29. The Bertz CT molecular complexity index is 535. The maximum Gasteiger partial charge on any atom is 0.335 e. The first-order chi connectivity index (χ1) is 8.16. The standard InChI is InChI=1S/C14H13NO2/c1-10-7-8-11(14(16)17)9-13(10)15-12-5-3-2-4-6-12/h2-9,15H,1H3,(H,16,17). The zero-order chi connectivity index (χ0) is 12.3. The van der Waals surface area contributed by atoms with Crippen LogP contribution in [0.25, 0.3) is 0 Å². The van der Waals surface area contributed by atoms with Gasteiger partial charge in [0.15, 0.2) is 0 Å². The normalized spacial score (nSPS) is 9.94. The molecule has 0 atom stereocenters. The Morgan fingerprint density at radius 3 is 2.47 bits per heavy atom. The fraction of sp³-hybridized carbons (Fsp3) is 0.0714. The summed E-state index contributed by atoms with van der Waals surface area (Å²) in [6, 6.07) is 14.7. The number of rotatable bonds is 3. The molecule has 2 rings (SSSR count). The quantitative estimate of drug-likeness (QED) is 0.844. The summed E-state index contributed by atoms with van der Waals surface area (Å²) in [6.07, 6.45) is 0. The molecule has 17 heavy (non-hydrogen) atoms. The largest absolute Gasteiger partial charge is 0.478 e. The molecule has 0 spiro atoms. The SMILES string of the molecule is Cc1ccc(C(=O)O)cc1Nc1ccccc1. The van der Waals surface area contributed by atoms with E-state index >= 15 is 0 Å². The Morgan fingerprint density at radius 2 is 1.82 bits per heavy atom. The van der Waals surface area contributed by atoms with E-state index in [9.17, 15) is 4.79 Å². The van der Waals surface area contributed by atoms with Crippen molar-refractivity contribution in [1.82, 2.24) is 0 Å². The van der Waals surface area contributed by atoms with Gasteiger partial charge in [-0.05, 0) is 36.8 Å². The number of carboxylic acids is 1. The summed E-state index contributed by atoms with van der Waals surface area (Å²) in [5.41, 5.74) is 3.06. The number of anilines is 2. The van der Waals surface area contributed by atoms with Crippen LogP contribution in [-0.4, -0.2) is 11.1 Å². The Morgan fingerprint density at radius 1 is 1.12 bits per heavy atom. The highest BCUT2D eigenvalue weighted by Crippen LogP contribution is 2.21. The third-order valence-corrected chi connectivity index (χ3v) is 2.54. The average molecular weight is 227 g/mol. The smallest absolute Gasteiger partial charge is 0.335 e. The number of carbonyl (C=O) groups is 1. The third kappa shape index (κ3) is 2.64. The molecular weight excluding hydrogens is 214 g/mol. The lowest BCUT2D eigenvalue weighted by Gasteiger charge is -2.10. The monoisotopic (exact) mass is 227 g/mol. The van der Waals surface area contributed by atoms with Crippen LogP contribution in [0.1, 0.15) is 15.9 Å². The molecule has 86 valence electrons. The summed E-state index contributed by atoms with van der Waals surface area (Å²) < 4.78 is 0. The van der Waals surface area contributed by atoms with Crippen LogP contribution in [0.5, 0.6) is 0 Å². The number of hydrogen-bond donors (Lipinski definition) is 2. The number of aryl methyl sites for hydroxylation is 1. The molecule has 0 aliphatic carbocycles. The Kier molecular flexibility index (Phi) is 3.10. The second-order valence-electron chi connectivity index (χ2n) is 3.83. The van der Waals surface area contributed by atoms with E-state index in [0.29, 0.717) is 0 Å². The molecule has 2 aromatic rings. The molecule has 3 nitrogen and oxygen atoms in total. The number of para-hydroxylation sites is 1. The molecule has 0 aromatic heterocycles. The molecule has 0 saturated carbocycles. The van der Waals surface area contributed by atoms with Crippen molar-refractivity contribution in [2.45, 2.75) is 6.92 Å². The second-order valence-corrected chi connectivity index (χ2v) is 3.83. The number of hydrogen-bond acceptors (Lipinski definition) is 2. The van der Waals surface area contributed by atoms with Crippen molar-refractivity contribution in [2.24, 2.45) is 0 Å². The number of carboxylic acid groups (broad SMARTS) is 1. The first kappa shape index (κ1) is 11.2. The minimum atomic E-state index is -0.916.